The van der Waals surface area contributed by atoms with E-state index < -0.39 is 17.0 Å². The summed E-state index contributed by atoms with van der Waals surface area (Å²) in [5, 5.41) is 13.0. The van der Waals surface area contributed by atoms with Crippen LogP contribution < -0.4 is 21.1 Å². The highest BCUT2D eigenvalue weighted by Gasteiger charge is 2.25. The second-order valence-electron chi connectivity index (χ2n) is 5.29. The van der Waals surface area contributed by atoms with E-state index in [0.29, 0.717) is 11.3 Å². The quantitative estimate of drug-likeness (QED) is 0.835. The number of nitrogens with one attached hydrogen (secondary N) is 1. The van der Waals surface area contributed by atoms with Gasteiger partial charge in [0.05, 0.1) is 28.1 Å². The van der Waals surface area contributed by atoms with Gasteiger partial charge in [-0.3, -0.25) is 9.59 Å². The summed E-state index contributed by atoms with van der Waals surface area (Å²) in [4.78, 5) is 26.6. The Morgan fingerprint density at radius 1 is 1.32 bits per heavy atom. The summed E-state index contributed by atoms with van der Waals surface area (Å²) in [5.41, 5.74) is 0.758. The Morgan fingerprint density at radius 3 is 2.73 bits per heavy atom. The molecule has 0 radical (unpaired) electrons. The maximum atomic E-state index is 11.8. The third-order valence-electron chi connectivity index (χ3n) is 3.56. The summed E-state index contributed by atoms with van der Waals surface area (Å²) in [6.07, 6.45) is 1.15. The van der Waals surface area contributed by atoms with Crippen LogP contribution in [0.15, 0.2) is 43.8 Å². The molecule has 6 heteroatoms. The molecule has 0 saturated carbocycles. The molecule has 1 atom stereocenters. The Kier molecular flexibility index (Phi) is 3.80. The highest BCUT2D eigenvalue weighted by Crippen LogP contribution is 2.45. The molecule has 0 amide bonds. The lowest BCUT2D eigenvalue weighted by atomic mass is 10.1. The van der Waals surface area contributed by atoms with Crippen LogP contribution in [-0.4, -0.2) is 24.8 Å². The van der Waals surface area contributed by atoms with Gasteiger partial charge >= 0.3 is 0 Å². The molecule has 1 aliphatic rings. The number of nitrogens with zero attached hydrogens (tertiary/aromatic N) is 1. The molecule has 1 heterocycles. The average molecular weight is 316 g/mol. The number of rotatable bonds is 4. The Bertz CT molecular complexity index is 819. The second-order valence-corrected chi connectivity index (χ2v) is 6.35. The van der Waals surface area contributed by atoms with E-state index in [1.165, 1.54) is 0 Å². The van der Waals surface area contributed by atoms with Crippen molar-refractivity contribution in [2.24, 2.45) is 0 Å². The summed E-state index contributed by atoms with van der Waals surface area (Å²) < 4.78 is 0. The first-order chi connectivity index (χ1) is 10.5. The molecule has 22 heavy (non-hydrogen) atoms. The smallest absolute Gasteiger partial charge is 0.250 e. The van der Waals surface area contributed by atoms with Crippen molar-refractivity contribution in [2.75, 3.05) is 23.8 Å². The maximum Gasteiger partial charge on any atom is 0.250 e. The molecule has 114 valence electrons. The van der Waals surface area contributed by atoms with E-state index in [1.807, 2.05) is 36.2 Å². The zero-order valence-corrected chi connectivity index (χ0v) is 13.1. The van der Waals surface area contributed by atoms with Gasteiger partial charge in [0.25, 0.3) is 0 Å². The van der Waals surface area contributed by atoms with Crippen LogP contribution in [0.5, 0.6) is 0 Å². The number of aliphatic hydroxyl groups excluding tert-OH is 1. The molecule has 3 rings (SSSR count). The fourth-order valence-corrected chi connectivity index (χ4v) is 3.44. The van der Waals surface area contributed by atoms with Crippen molar-refractivity contribution in [2.45, 2.75) is 17.9 Å². The highest BCUT2D eigenvalue weighted by atomic mass is 32.2. The minimum atomic E-state index is -0.585. The maximum absolute atomic E-state index is 11.8. The number of benzene rings is 1. The Balaban J connectivity index is 1.90. The van der Waals surface area contributed by atoms with Crippen LogP contribution in [0.4, 0.5) is 11.4 Å². The van der Waals surface area contributed by atoms with E-state index in [1.54, 1.807) is 24.8 Å². The molecule has 0 aliphatic carbocycles. The van der Waals surface area contributed by atoms with Gasteiger partial charge < -0.3 is 15.3 Å². The van der Waals surface area contributed by atoms with Crippen molar-refractivity contribution in [3.05, 3.63) is 55.3 Å². The first kappa shape index (κ1) is 14.9. The van der Waals surface area contributed by atoms with Gasteiger partial charge in [-0.1, -0.05) is 23.9 Å². The first-order valence-electron chi connectivity index (χ1n) is 6.96. The zero-order valence-electron chi connectivity index (χ0n) is 12.3. The van der Waals surface area contributed by atoms with Crippen molar-refractivity contribution in [3.8, 4) is 0 Å². The van der Waals surface area contributed by atoms with Crippen LogP contribution in [0.25, 0.3) is 6.08 Å². The molecule has 0 spiro atoms. The van der Waals surface area contributed by atoms with Gasteiger partial charge in [-0.15, -0.1) is 0 Å². The fraction of sp³-hybridized carbons (Fsp3) is 0.250. The average Bonchev–Trinajstić information content (AvgIpc) is 2.82. The van der Waals surface area contributed by atoms with Gasteiger partial charge in [0.2, 0.25) is 10.9 Å². The van der Waals surface area contributed by atoms with Crippen molar-refractivity contribution < 1.29 is 5.11 Å². The molecule has 0 saturated heterocycles. The zero-order chi connectivity index (χ0) is 15.9. The summed E-state index contributed by atoms with van der Waals surface area (Å²) in [6.45, 7) is 1.86. The number of fused-ring (bicyclic) bond motifs is 1. The SMILES string of the molecule is C[C@@H](O)CNc1c(/C=C2/Sc3ccccc3N2C)c(=O)c1=O. The predicted octanol–water partition coefficient (Wildman–Crippen LogP) is 1.62. The van der Waals surface area contributed by atoms with Crippen molar-refractivity contribution in [1.82, 2.24) is 0 Å². The number of aliphatic hydroxyl groups is 1. The summed E-state index contributed by atoms with van der Waals surface area (Å²) >= 11 is 1.56. The van der Waals surface area contributed by atoms with Gasteiger partial charge in [0, 0.05) is 18.5 Å². The van der Waals surface area contributed by atoms with E-state index in [4.69, 9.17) is 0 Å². The number of thioether (sulfide) groups is 1. The third kappa shape index (κ3) is 2.44. The molecule has 1 aliphatic heterocycles. The van der Waals surface area contributed by atoms with Crippen LogP contribution in [0, 0.1) is 0 Å². The highest BCUT2D eigenvalue weighted by molar-refractivity contribution is 8.03. The van der Waals surface area contributed by atoms with Crippen molar-refractivity contribution >= 4 is 29.2 Å². The lowest BCUT2D eigenvalue weighted by Crippen LogP contribution is -2.38. The minimum absolute atomic E-state index is 0.240. The van der Waals surface area contributed by atoms with Crippen molar-refractivity contribution in [1.29, 1.82) is 0 Å². The molecule has 0 aromatic heterocycles. The van der Waals surface area contributed by atoms with E-state index >= 15 is 0 Å². The normalized spacial score (nSPS) is 17.0. The molecule has 2 N–H and O–H groups in total. The molecule has 5 nitrogen and oxygen atoms in total. The van der Waals surface area contributed by atoms with Gasteiger partial charge in [-0.2, -0.15) is 0 Å². The third-order valence-corrected chi connectivity index (χ3v) is 4.73. The van der Waals surface area contributed by atoms with Gasteiger partial charge in [-0.25, -0.2) is 0 Å². The number of para-hydroxylation sites is 1. The molecule has 0 fully saturated rings. The Morgan fingerprint density at radius 2 is 2.05 bits per heavy atom. The lowest BCUT2D eigenvalue weighted by molar-refractivity contribution is 0.208. The summed E-state index contributed by atoms with van der Waals surface area (Å²) in [7, 11) is 1.93. The number of anilines is 2. The van der Waals surface area contributed by atoms with Crippen LogP contribution in [0.2, 0.25) is 0 Å². The van der Waals surface area contributed by atoms with Crippen LogP contribution in [0.3, 0.4) is 0 Å². The molecule has 0 unspecified atom stereocenters. The lowest BCUT2D eigenvalue weighted by Gasteiger charge is -2.16. The summed E-state index contributed by atoms with van der Waals surface area (Å²) in [6, 6.07) is 7.96. The minimum Gasteiger partial charge on any atom is -0.392 e. The van der Waals surface area contributed by atoms with E-state index in [-0.39, 0.29) is 6.54 Å². The standard InChI is InChI=1S/C16H16N2O3S/c1-9(19)8-17-14-10(15(20)16(14)21)7-13-18(2)11-5-3-4-6-12(11)22-13/h3-7,9,17,19H,8H2,1-2H3/b13-7+/t9-/m1/s1. The number of hydrogen-bond acceptors (Lipinski definition) is 6. The number of hydrogen-bond donors (Lipinski definition) is 2. The molecule has 2 aromatic carbocycles. The fourth-order valence-electron chi connectivity index (χ4n) is 2.34. The van der Waals surface area contributed by atoms with Crippen molar-refractivity contribution in [3.63, 3.8) is 0 Å². The molecular formula is C16H16N2O3S. The van der Waals surface area contributed by atoms with Crippen LogP contribution >= 0.6 is 11.8 Å². The molecule has 2 aromatic rings. The topological polar surface area (TPSA) is 69.6 Å². The predicted molar refractivity (Wildman–Crippen MR) is 90.2 cm³/mol. The Labute approximate surface area is 132 Å². The van der Waals surface area contributed by atoms with Crippen LogP contribution in [0.1, 0.15) is 12.5 Å². The molecular weight excluding hydrogens is 300 g/mol. The van der Waals surface area contributed by atoms with E-state index in [0.717, 1.165) is 15.6 Å². The monoisotopic (exact) mass is 316 g/mol. The Hall–Kier alpha value is -2.05. The van der Waals surface area contributed by atoms with E-state index in [2.05, 4.69) is 5.32 Å². The van der Waals surface area contributed by atoms with E-state index in [9.17, 15) is 14.7 Å². The van der Waals surface area contributed by atoms with Crippen LogP contribution in [-0.2, 0) is 0 Å². The largest absolute Gasteiger partial charge is 0.392 e. The second kappa shape index (κ2) is 5.62. The van der Waals surface area contributed by atoms with Gasteiger partial charge in [-0.05, 0) is 25.1 Å². The van der Waals surface area contributed by atoms with Gasteiger partial charge in [0.1, 0.15) is 0 Å². The first-order valence-corrected chi connectivity index (χ1v) is 7.78. The van der Waals surface area contributed by atoms with Gasteiger partial charge in [0.15, 0.2) is 0 Å². The molecule has 0 bridgehead atoms. The summed E-state index contributed by atoms with van der Waals surface area (Å²) in [5.74, 6) is 0.